The van der Waals surface area contributed by atoms with Crippen LogP contribution in [0.1, 0.15) is 38.9 Å². The summed E-state index contributed by atoms with van der Waals surface area (Å²) in [5.41, 5.74) is -0.0430. The number of aryl methyl sites for hydroxylation is 1. The van der Waals surface area contributed by atoms with Crippen molar-refractivity contribution in [3.63, 3.8) is 0 Å². The van der Waals surface area contributed by atoms with Crippen LogP contribution in [0.5, 0.6) is 0 Å². The Labute approximate surface area is 120 Å². The summed E-state index contributed by atoms with van der Waals surface area (Å²) in [5, 5.41) is 3.50. The summed E-state index contributed by atoms with van der Waals surface area (Å²) >= 11 is 0. The Kier molecular flexibility index (Phi) is 5.59. The molecule has 1 aromatic heterocycles. The molecule has 0 radical (unpaired) electrons. The molecule has 1 aliphatic heterocycles. The third-order valence-electron chi connectivity index (χ3n) is 3.91. The maximum atomic E-state index is 11.6. The minimum absolute atomic E-state index is 0.0430. The van der Waals surface area contributed by atoms with Gasteiger partial charge in [-0.05, 0) is 38.3 Å². The minimum atomic E-state index is -0.0430. The van der Waals surface area contributed by atoms with Gasteiger partial charge >= 0.3 is 0 Å². The average molecular weight is 278 g/mol. The number of rotatable bonds is 6. The molecule has 0 aliphatic carbocycles. The Morgan fingerprint density at radius 2 is 2.15 bits per heavy atom. The van der Waals surface area contributed by atoms with Crippen LogP contribution in [0.25, 0.3) is 0 Å². The molecule has 2 heterocycles. The van der Waals surface area contributed by atoms with Gasteiger partial charge in [-0.1, -0.05) is 13.8 Å². The van der Waals surface area contributed by atoms with E-state index in [9.17, 15) is 4.79 Å². The van der Waals surface area contributed by atoms with Crippen molar-refractivity contribution < 1.29 is 0 Å². The molecule has 1 fully saturated rings. The predicted molar refractivity (Wildman–Crippen MR) is 82.3 cm³/mol. The van der Waals surface area contributed by atoms with E-state index in [0.29, 0.717) is 0 Å². The molecule has 0 unspecified atom stereocenters. The number of anilines is 1. The van der Waals surface area contributed by atoms with Crippen molar-refractivity contribution in [3.8, 4) is 0 Å². The second kappa shape index (κ2) is 7.43. The van der Waals surface area contributed by atoms with Crippen LogP contribution in [-0.4, -0.2) is 36.1 Å². The Hall–Kier alpha value is -1.36. The summed E-state index contributed by atoms with van der Waals surface area (Å²) < 4.78 is 0. The van der Waals surface area contributed by atoms with Crippen molar-refractivity contribution in [1.82, 2.24) is 15.3 Å². The average Bonchev–Trinajstić information content (AvgIpc) is 2.47. The van der Waals surface area contributed by atoms with Gasteiger partial charge in [-0.25, -0.2) is 4.98 Å². The molecule has 1 saturated heterocycles. The molecule has 0 aromatic carbocycles. The molecule has 0 atom stereocenters. The first-order valence-corrected chi connectivity index (χ1v) is 7.78. The zero-order valence-electron chi connectivity index (χ0n) is 12.6. The van der Waals surface area contributed by atoms with Gasteiger partial charge < -0.3 is 15.2 Å². The molecule has 2 rings (SSSR count). The molecule has 1 aromatic rings. The third-order valence-corrected chi connectivity index (χ3v) is 3.91. The van der Waals surface area contributed by atoms with E-state index in [1.807, 2.05) is 6.92 Å². The monoisotopic (exact) mass is 278 g/mol. The highest BCUT2D eigenvalue weighted by molar-refractivity contribution is 5.37. The Balaban J connectivity index is 1.90. The maximum Gasteiger partial charge on any atom is 0.252 e. The van der Waals surface area contributed by atoms with Gasteiger partial charge in [0.1, 0.15) is 11.6 Å². The fourth-order valence-corrected chi connectivity index (χ4v) is 2.67. The summed E-state index contributed by atoms with van der Waals surface area (Å²) in [6.07, 6.45) is 4.30. The molecule has 1 aliphatic rings. The van der Waals surface area contributed by atoms with Crippen molar-refractivity contribution in [2.24, 2.45) is 5.92 Å². The van der Waals surface area contributed by atoms with Gasteiger partial charge in [0.15, 0.2) is 0 Å². The second-order valence-corrected chi connectivity index (χ2v) is 5.54. The fraction of sp³-hybridized carbons (Fsp3) is 0.733. The first-order chi connectivity index (χ1) is 9.72. The van der Waals surface area contributed by atoms with Gasteiger partial charge in [0.05, 0.1) is 0 Å². The smallest absolute Gasteiger partial charge is 0.252 e. The van der Waals surface area contributed by atoms with Gasteiger partial charge in [0, 0.05) is 25.6 Å². The summed E-state index contributed by atoms with van der Waals surface area (Å²) in [5.74, 6) is 2.37. The number of aromatic amines is 1. The molecule has 5 heteroatoms. The summed E-state index contributed by atoms with van der Waals surface area (Å²) in [7, 11) is 0. The molecular weight excluding hydrogens is 252 g/mol. The van der Waals surface area contributed by atoms with Crippen LogP contribution >= 0.6 is 0 Å². The molecule has 20 heavy (non-hydrogen) atoms. The van der Waals surface area contributed by atoms with Crippen LogP contribution in [0.3, 0.4) is 0 Å². The van der Waals surface area contributed by atoms with Crippen LogP contribution in [-0.2, 0) is 6.42 Å². The first kappa shape index (κ1) is 15.0. The van der Waals surface area contributed by atoms with Crippen molar-refractivity contribution in [2.45, 2.75) is 39.5 Å². The SMILES string of the molecule is CCCNCC1CCN(c2cc(=O)[nH]c(CC)n2)CC1. The van der Waals surface area contributed by atoms with Crippen LogP contribution in [0.15, 0.2) is 10.9 Å². The first-order valence-electron chi connectivity index (χ1n) is 7.78. The van der Waals surface area contributed by atoms with E-state index in [4.69, 9.17) is 0 Å². The molecule has 0 spiro atoms. The van der Waals surface area contributed by atoms with Crippen molar-refractivity contribution in [2.75, 3.05) is 31.1 Å². The van der Waals surface area contributed by atoms with Crippen molar-refractivity contribution in [3.05, 3.63) is 22.2 Å². The molecule has 112 valence electrons. The molecule has 2 N–H and O–H groups in total. The van der Waals surface area contributed by atoms with E-state index in [1.54, 1.807) is 6.07 Å². The zero-order chi connectivity index (χ0) is 14.4. The summed E-state index contributed by atoms with van der Waals surface area (Å²) in [4.78, 5) is 21.2. The quantitative estimate of drug-likeness (QED) is 0.775. The van der Waals surface area contributed by atoms with E-state index < -0.39 is 0 Å². The number of aromatic nitrogens is 2. The van der Waals surface area contributed by atoms with Crippen LogP contribution < -0.4 is 15.8 Å². The van der Waals surface area contributed by atoms with Gasteiger partial charge in [-0.2, -0.15) is 0 Å². The number of hydrogen-bond acceptors (Lipinski definition) is 4. The van der Waals surface area contributed by atoms with E-state index in [-0.39, 0.29) is 5.56 Å². The van der Waals surface area contributed by atoms with E-state index >= 15 is 0 Å². The molecule has 5 nitrogen and oxygen atoms in total. The summed E-state index contributed by atoms with van der Waals surface area (Å²) in [6.45, 7) is 8.42. The lowest BCUT2D eigenvalue weighted by Gasteiger charge is -2.33. The lowest BCUT2D eigenvalue weighted by atomic mass is 9.97. The van der Waals surface area contributed by atoms with Crippen LogP contribution in [0, 0.1) is 5.92 Å². The van der Waals surface area contributed by atoms with E-state index in [1.165, 1.54) is 19.3 Å². The maximum absolute atomic E-state index is 11.6. The topological polar surface area (TPSA) is 61.0 Å². The highest BCUT2D eigenvalue weighted by Crippen LogP contribution is 2.20. The second-order valence-electron chi connectivity index (χ2n) is 5.54. The standard InChI is InChI=1S/C15H26N4O/c1-3-7-16-11-12-5-8-19(9-6-12)14-10-15(20)18-13(4-2)17-14/h10,12,16H,3-9,11H2,1-2H3,(H,17,18,20). The molecule has 0 bridgehead atoms. The normalized spacial score (nSPS) is 16.6. The largest absolute Gasteiger partial charge is 0.356 e. The highest BCUT2D eigenvalue weighted by Gasteiger charge is 2.20. The number of nitrogens with zero attached hydrogens (tertiary/aromatic N) is 2. The fourth-order valence-electron chi connectivity index (χ4n) is 2.67. The Morgan fingerprint density at radius 1 is 1.40 bits per heavy atom. The van der Waals surface area contributed by atoms with Gasteiger partial charge in [-0.15, -0.1) is 0 Å². The lowest BCUT2D eigenvalue weighted by molar-refractivity contribution is 0.382. The van der Waals surface area contributed by atoms with Gasteiger partial charge in [-0.3, -0.25) is 4.79 Å². The Bertz CT molecular complexity index is 463. The van der Waals surface area contributed by atoms with Gasteiger partial charge in [0.25, 0.3) is 5.56 Å². The summed E-state index contributed by atoms with van der Waals surface area (Å²) in [6, 6.07) is 1.62. The highest BCUT2D eigenvalue weighted by atomic mass is 16.1. The third kappa shape index (κ3) is 4.07. The molecular formula is C15H26N4O. The molecule has 0 amide bonds. The zero-order valence-corrected chi connectivity index (χ0v) is 12.6. The Morgan fingerprint density at radius 3 is 2.80 bits per heavy atom. The van der Waals surface area contributed by atoms with Gasteiger partial charge in [0.2, 0.25) is 0 Å². The van der Waals surface area contributed by atoms with E-state index in [2.05, 4.69) is 27.1 Å². The minimum Gasteiger partial charge on any atom is -0.356 e. The van der Waals surface area contributed by atoms with E-state index in [0.717, 1.165) is 50.2 Å². The van der Waals surface area contributed by atoms with Crippen molar-refractivity contribution in [1.29, 1.82) is 0 Å². The number of piperidine rings is 1. The van der Waals surface area contributed by atoms with Crippen LogP contribution in [0.4, 0.5) is 5.82 Å². The number of H-pyrrole nitrogens is 1. The molecule has 0 saturated carbocycles. The van der Waals surface area contributed by atoms with Crippen LogP contribution in [0.2, 0.25) is 0 Å². The lowest BCUT2D eigenvalue weighted by Crippen LogP contribution is -2.38. The number of nitrogens with one attached hydrogen (secondary N) is 2. The van der Waals surface area contributed by atoms with Crippen molar-refractivity contribution >= 4 is 5.82 Å². The number of hydrogen-bond donors (Lipinski definition) is 2. The predicted octanol–water partition coefficient (Wildman–Crippen LogP) is 1.55.